The van der Waals surface area contributed by atoms with Gasteiger partial charge in [-0.05, 0) is 43.7 Å². The molecule has 0 radical (unpaired) electrons. The largest absolute Gasteiger partial charge is 0.467 e. The molecule has 9 heteroatoms. The van der Waals surface area contributed by atoms with Crippen LogP contribution in [0, 0.1) is 0 Å². The van der Waals surface area contributed by atoms with E-state index >= 15 is 0 Å². The van der Waals surface area contributed by atoms with Crippen LogP contribution >= 0.6 is 23.4 Å². The minimum Gasteiger partial charge on any atom is -0.467 e. The molecule has 3 aromatic rings. The molecule has 154 valence electrons. The third kappa shape index (κ3) is 5.41. The van der Waals surface area contributed by atoms with Crippen molar-refractivity contribution in [1.29, 1.82) is 0 Å². The molecule has 0 fully saturated rings. The lowest BCUT2D eigenvalue weighted by Gasteiger charge is -2.14. The number of amides is 1. The SMILES string of the molecule is COCCCn1c(SCC(=O)NC(C)c2ccco2)nc2cc(Cl)ccc2c1=O. The van der Waals surface area contributed by atoms with Gasteiger partial charge in [-0.1, -0.05) is 23.4 Å². The van der Waals surface area contributed by atoms with Crippen LogP contribution in [0.25, 0.3) is 10.9 Å². The minimum atomic E-state index is -0.245. The van der Waals surface area contributed by atoms with E-state index in [1.807, 2.05) is 6.92 Å². The maximum Gasteiger partial charge on any atom is 0.262 e. The topological polar surface area (TPSA) is 86.4 Å². The van der Waals surface area contributed by atoms with Crippen molar-refractivity contribution in [1.82, 2.24) is 14.9 Å². The maximum atomic E-state index is 12.9. The second-order valence-electron chi connectivity index (χ2n) is 6.45. The van der Waals surface area contributed by atoms with Crippen LogP contribution in [0.15, 0.2) is 51.0 Å². The third-order valence-corrected chi connectivity index (χ3v) is 5.50. The highest BCUT2D eigenvalue weighted by atomic mass is 35.5. The molecule has 0 saturated heterocycles. The number of halogens is 1. The number of ether oxygens (including phenoxy) is 1. The molecule has 0 bridgehead atoms. The summed E-state index contributed by atoms with van der Waals surface area (Å²) in [6, 6.07) is 8.33. The van der Waals surface area contributed by atoms with Gasteiger partial charge in [0.2, 0.25) is 5.91 Å². The molecule has 1 unspecified atom stereocenters. The summed E-state index contributed by atoms with van der Waals surface area (Å²) in [4.78, 5) is 29.9. The molecule has 0 aliphatic heterocycles. The second kappa shape index (κ2) is 9.96. The van der Waals surface area contributed by atoms with Crippen molar-refractivity contribution in [3.63, 3.8) is 0 Å². The van der Waals surface area contributed by atoms with Crippen molar-refractivity contribution in [2.45, 2.75) is 31.1 Å². The number of carbonyl (C=O) groups excluding carboxylic acids is 1. The van der Waals surface area contributed by atoms with E-state index in [1.54, 1.807) is 48.3 Å². The Kier molecular flexibility index (Phi) is 7.35. The Balaban J connectivity index is 1.79. The Morgan fingerprint density at radius 1 is 1.41 bits per heavy atom. The van der Waals surface area contributed by atoms with E-state index < -0.39 is 0 Å². The Morgan fingerprint density at radius 3 is 2.97 bits per heavy atom. The number of rotatable bonds is 9. The predicted molar refractivity (Wildman–Crippen MR) is 113 cm³/mol. The van der Waals surface area contributed by atoms with E-state index in [4.69, 9.17) is 20.8 Å². The highest BCUT2D eigenvalue weighted by molar-refractivity contribution is 7.99. The van der Waals surface area contributed by atoms with E-state index in [2.05, 4.69) is 10.3 Å². The number of benzene rings is 1. The molecular weight excluding hydrogens is 414 g/mol. The second-order valence-corrected chi connectivity index (χ2v) is 7.83. The van der Waals surface area contributed by atoms with Crippen LogP contribution in [-0.4, -0.2) is 34.9 Å². The number of thioether (sulfide) groups is 1. The normalized spacial score (nSPS) is 12.2. The van der Waals surface area contributed by atoms with Crippen molar-refractivity contribution in [2.24, 2.45) is 0 Å². The number of hydrogen-bond acceptors (Lipinski definition) is 6. The van der Waals surface area contributed by atoms with Gasteiger partial charge < -0.3 is 14.5 Å². The number of carbonyl (C=O) groups is 1. The van der Waals surface area contributed by atoms with E-state index in [9.17, 15) is 9.59 Å². The molecule has 0 aliphatic carbocycles. The van der Waals surface area contributed by atoms with Gasteiger partial charge in [-0.15, -0.1) is 0 Å². The zero-order valence-electron chi connectivity index (χ0n) is 16.2. The zero-order valence-corrected chi connectivity index (χ0v) is 17.8. The van der Waals surface area contributed by atoms with Crippen LogP contribution in [0.1, 0.15) is 25.1 Å². The van der Waals surface area contributed by atoms with Gasteiger partial charge in [0.05, 0.1) is 29.0 Å². The Bertz CT molecular complexity index is 1040. The lowest BCUT2D eigenvalue weighted by molar-refractivity contribution is -0.119. The van der Waals surface area contributed by atoms with Crippen LogP contribution in [0.4, 0.5) is 0 Å². The standard InChI is InChI=1S/C20H22ClN3O4S/c1-13(17-5-3-10-28-17)22-18(25)12-29-20-23-16-11-14(21)6-7-15(16)19(26)24(20)8-4-9-27-2/h3,5-7,10-11,13H,4,8-9,12H2,1-2H3,(H,22,25). The monoisotopic (exact) mass is 435 g/mol. The van der Waals surface area contributed by atoms with Crippen molar-refractivity contribution in [2.75, 3.05) is 19.5 Å². The molecule has 1 atom stereocenters. The number of nitrogens with one attached hydrogen (secondary N) is 1. The molecule has 0 aliphatic rings. The van der Waals surface area contributed by atoms with Crippen molar-refractivity contribution < 1.29 is 13.9 Å². The van der Waals surface area contributed by atoms with Gasteiger partial charge >= 0.3 is 0 Å². The highest BCUT2D eigenvalue weighted by Crippen LogP contribution is 2.21. The summed E-state index contributed by atoms with van der Waals surface area (Å²) in [6.07, 6.45) is 2.22. The summed E-state index contributed by atoms with van der Waals surface area (Å²) in [6.45, 7) is 2.82. The van der Waals surface area contributed by atoms with Gasteiger partial charge in [-0.3, -0.25) is 14.2 Å². The first-order valence-electron chi connectivity index (χ1n) is 9.14. The molecule has 1 amide bonds. The molecular formula is C20H22ClN3O4S. The van der Waals surface area contributed by atoms with Crippen molar-refractivity contribution in [3.8, 4) is 0 Å². The summed E-state index contributed by atoms with van der Waals surface area (Å²) in [5, 5.41) is 4.34. The first-order valence-corrected chi connectivity index (χ1v) is 10.5. The van der Waals surface area contributed by atoms with Gasteiger partial charge in [0.25, 0.3) is 5.56 Å². The van der Waals surface area contributed by atoms with Gasteiger partial charge in [0, 0.05) is 25.3 Å². The Hall–Kier alpha value is -2.29. The predicted octanol–water partition coefficient (Wildman–Crippen LogP) is 3.65. The third-order valence-electron chi connectivity index (χ3n) is 4.29. The molecule has 29 heavy (non-hydrogen) atoms. The number of furan rings is 1. The fourth-order valence-electron chi connectivity index (χ4n) is 2.87. The lowest BCUT2D eigenvalue weighted by Crippen LogP contribution is -2.29. The average molecular weight is 436 g/mol. The van der Waals surface area contributed by atoms with Crippen LogP contribution < -0.4 is 10.9 Å². The molecule has 1 aromatic carbocycles. The fraction of sp³-hybridized carbons (Fsp3) is 0.350. The first kappa shape index (κ1) is 21.4. The van der Waals surface area contributed by atoms with E-state index in [-0.39, 0.29) is 23.3 Å². The fourth-order valence-corrected chi connectivity index (χ4v) is 3.87. The summed E-state index contributed by atoms with van der Waals surface area (Å²) in [7, 11) is 1.61. The van der Waals surface area contributed by atoms with E-state index in [0.717, 1.165) is 0 Å². The molecule has 0 saturated carbocycles. The van der Waals surface area contributed by atoms with E-state index in [0.29, 0.717) is 46.4 Å². The minimum absolute atomic E-state index is 0.119. The summed E-state index contributed by atoms with van der Waals surface area (Å²) in [5.74, 6) is 0.620. The van der Waals surface area contributed by atoms with Gasteiger partial charge in [-0.2, -0.15) is 0 Å². The molecule has 7 nitrogen and oxygen atoms in total. The van der Waals surface area contributed by atoms with Gasteiger partial charge in [-0.25, -0.2) is 4.98 Å². The molecule has 2 heterocycles. The van der Waals surface area contributed by atoms with E-state index in [1.165, 1.54) is 11.8 Å². The van der Waals surface area contributed by atoms with Crippen LogP contribution in [0.2, 0.25) is 5.02 Å². The van der Waals surface area contributed by atoms with Crippen LogP contribution in [0.3, 0.4) is 0 Å². The molecule has 2 aromatic heterocycles. The van der Waals surface area contributed by atoms with Gasteiger partial charge in [0.1, 0.15) is 5.76 Å². The summed E-state index contributed by atoms with van der Waals surface area (Å²) < 4.78 is 12.0. The number of aromatic nitrogens is 2. The van der Waals surface area contributed by atoms with Crippen molar-refractivity contribution >= 4 is 40.2 Å². The molecule has 0 spiro atoms. The van der Waals surface area contributed by atoms with Crippen LogP contribution in [0.5, 0.6) is 0 Å². The number of methoxy groups -OCH3 is 1. The molecule has 1 N–H and O–H groups in total. The van der Waals surface area contributed by atoms with Gasteiger partial charge in [0.15, 0.2) is 5.16 Å². The highest BCUT2D eigenvalue weighted by Gasteiger charge is 2.16. The summed E-state index contributed by atoms with van der Waals surface area (Å²) >= 11 is 7.27. The molecule has 3 rings (SSSR count). The Morgan fingerprint density at radius 2 is 2.24 bits per heavy atom. The first-order chi connectivity index (χ1) is 14.0. The average Bonchev–Trinajstić information content (AvgIpc) is 3.23. The smallest absolute Gasteiger partial charge is 0.262 e. The van der Waals surface area contributed by atoms with Crippen LogP contribution in [-0.2, 0) is 16.1 Å². The maximum absolute atomic E-state index is 12.9. The lowest BCUT2D eigenvalue weighted by atomic mass is 10.2. The number of fused-ring (bicyclic) bond motifs is 1. The zero-order chi connectivity index (χ0) is 20.8. The Labute approximate surface area is 177 Å². The number of nitrogens with zero attached hydrogens (tertiary/aromatic N) is 2. The van der Waals surface area contributed by atoms with Crippen molar-refractivity contribution in [3.05, 3.63) is 57.7 Å². The number of hydrogen-bond donors (Lipinski definition) is 1. The quantitative estimate of drug-likeness (QED) is 0.313. The summed E-state index contributed by atoms with van der Waals surface area (Å²) in [5.41, 5.74) is 0.354.